The lowest BCUT2D eigenvalue weighted by atomic mass is 10.2. The minimum absolute atomic E-state index is 0.0503. The first-order chi connectivity index (χ1) is 15.5. The predicted octanol–water partition coefficient (Wildman–Crippen LogP) is 5.83. The van der Waals surface area contributed by atoms with Crippen LogP contribution < -0.4 is 10.6 Å². The summed E-state index contributed by atoms with van der Waals surface area (Å²) in [4.78, 5) is 30.3. The number of fused-ring (bicyclic) bond motifs is 1. The van der Waals surface area contributed by atoms with E-state index in [1.165, 1.54) is 11.8 Å². The first-order valence-corrected chi connectivity index (χ1v) is 12.1. The summed E-state index contributed by atoms with van der Waals surface area (Å²) in [6.07, 6.45) is 0. The Hall–Kier alpha value is -3.16. The largest absolute Gasteiger partial charge is 0.353 e. The molecular formula is C25H23N3O2S2. The molecule has 0 aliphatic carbocycles. The maximum atomic E-state index is 12.9. The minimum atomic E-state index is -0.204. The van der Waals surface area contributed by atoms with Gasteiger partial charge in [0.15, 0.2) is 0 Å². The summed E-state index contributed by atoms with van der Waals surface area (Å²) in [6, 6.07) is 23.2. The molecule has 7 heteroatoms. The number of para-hydroxylation sites is 1. The maximum Gasteiger partial charge on any atom is 0.256 e. The van der Waals surface area contributed by atoms with Crippen LogP contribution >= 0.6 is 23.1 Å². The number of anilines is 1. The zero-order valence-corrected chi connectivity index (χ0v) is 19.4. The number of hydrogen-bond acceptors (Lipinski definition) is 5. The van der Waals surface area contributed by atoms with E-state index in [1.54, 1.807) is 17.4 Å². The van der Waals surface area contributed by atoms with Gasteiger partial charge in [0, 0.05) is 22.2 Å². The highest BCUT2D eigenvalue weighted by molar-refractivity contribution is 8.00. The number of thioether (sulfide) groups is 1. The highest BCUT2D eigenvalue weighted by Crippen LogP contribution is 2.31. The highest BCUT2D eigenvalue weighted by atomic mass is 32.2. The number of carbonyl (C=O) groups is 2. The molecule has 0 radical (unpaired) electrons. The van der Waals surface area contributed by atoms with E-state index in [9.17, 15) is 9.59 Å². The van der Waals surface area contributed by atoms with Gasteiger partial charge in [0.2, 0.25) is 5.91 Å². The third-order valence-electron chi connectivity index (χ3n) is 4.62. The van der Waals surface area contributed by atoms with Crippen molar-refractivity contribution in [2.45, 2.75) is 24.8 Å². The second kappa shape index (κ2) is 9.97. The Labute approximate surface area is 195 Å². The number of thiazole rings is 1. The molecular weight excluding hydrogens is 438 g/mol. The Bertz CT molecular complexity index is 1220. The fraction of sp³-hybridized carbons (Fsp3) is 0.160. The normalized spacial score (nSPS) is 11.0. The van der Waals surface area contributed by atoms with Crippen molar-refractivity contribution in [3.05, 3.63) is 78.4 Å². The lowest BCUT2D eigenvalue weighted by Gasteiger charge is -2.11. The van der Waals surface area contributed by atoms with Crippen LogP contribution in [0.4, 0.5) is 5.69 Å². The topological polar surface area (TPSA) is 71.1 Å². The lowest BCUT2D eigenvalue weighted by molar-refractivity contribution is -0.119. The molecule has 162 valence electrons. The first-order valence-electron chi connectivity index (χ1n) is 10.3. The molecule has 0 aliphatic heterocycles. The molecule has 3 aromatic carbocycles. The molecule has 0 bridgehead atoms. The van der Waals surface area contributed by atoms with Gasteiger partial charge in [0.25, 0.3) is 5.91 Å². The van der Waals surface area contributed by atoms with Crippen LogP contribution in [0.25, 0.3) is 20.8 Å². The molecule has 1 aromatic heterocycles. The number of nitrogens with zero attached hydrogens (tertiary/aromatic N) is 1. The average Bonchev–Trinajstić information content (AvgIpc) is 3.22. The van der Waals surface area contributed by atoms with Crippen molar-refractivity contribution in [2.24, 2.45) is 0 Å². The number of carbonyl (C=O) groups excluding carboxylic acids is 2. The summed E-state index contributed by atoms with van der Waals surface area (Å²) in [5.74, 6) is 0.00930. The van der Waals surface area contributed by atoms with Crippen molar-refractivity contribution in [3.8, 4) is 10.6 Å². The van der Waals surface area contributed by atoms with E-state index in [4.69, 9.17) is 0 Å². The molecule has 1 heterocycles. The molecule has 0 spiro atoms. The zero-order chi connectivity index (χ0) is 22.5. The molecule has 4 aromatic rings. The molecule has 2 amide bonds. The number of rotatable bonds is 7. The maximum absolute atomic E-state index is 12.9. The highest BCUT2D eigenvalue weighted by Gasteiger charge is 2.14. The van der Waals surface area contributed by atoms with Crippen molar-refractivity contribution in [2.75, 3.05) is 11.1 Å². The van der Waals surface area contributed by atoms with Crippen LogP contribution in [-0.2, 0) is 4.79 Å². The fourth-order valence-electron chi connectivity index (χ4n) is 3.18. The van der Waals surface area contributed by atoms with Crippen LogP contribution in [0.5, 0.6) is 0 Å². The number of amides is 2. The van der Waals surface area contributed by atoms with Crippen molar-refractivity contribution < 1.29 is 9.59 Å². The SMILES string of the molecule is CC(C)NC(=O)CSc1ccccc1C(=O)Nc1ccc(-c2nc3ccccc3s2)cc1. The van der Waals surface area contributed by atoms with E-state index in [-0.39, 0.29) is 23.6 Å². The van der Waals surface area contributed by atoms with Gasteiger partial charge >= 0.3 is 0 Å². The van der Waals surface area contributed by atoms with Crippen molar-refractivity contribution in [3.63, 3.8) is 0 Å². The van der Waals surface area contributed by atoms with Gasteiger partial charge in [-0.2, -0.15) is 0 Å². The van der Waals surface area contributed by atoms with E-state index in [0.717, 1.165) is 25.7 Å². The summed E-state index contributed by atoms with van der Waals surface area (Å²) in [6.45, 7) is 3.85. The summed E-state index contributed by atoms with van der Waals surface area (Å²) >= 11 is 3.00. The Balaban J connectivity index is 1.44. The lowest BCUT2D eigenvalue weighted by Crippen LogP contribution is -2.31. The van der Waals surface area contributed by atoms with Crippen LogP contribution in [0.15, 0.2) is 77.7 Å². The minimum Gasteiger partial charge on any atom is -0.353 e. The van der Waals surface area contributed by atoms with Crippen LogP contribution in [0.2, 0.25) is 0 Å². The van der Waals surface area contributed by atoms with Gasteiger partial charge in [-0.3, -0.25) is 9.59 Å². The molecule has 0 fully saturated rings. The van der Waals surface area contributed by atoms with Crippen molar-refractivity contribution in [1.82, 2.24) is 10.3 Å². The number of nitrogens with one attached hydrogen (secondary N) is 2. The summed E-state index contributed by atoms with van der Waals surface area (Å²) in [5.41, 5.74) is 3.25. The van der Waals surface area contributed by atoms with Crippen LogP contribution in [0, 0.1) is 0 Å². The Morgan fingerprint density at radius 3 is 2.44 bits per heavy atom. The zero-order valence-electron chi connectivity index (χ0n) is 17.8. The molecule has 0 saturated heterocycles. The van der Waals surface area contributed by atoms with Crippen LogP contribution in [0.1, 0.15) is 24.2 Å². The first kappa shape index (κ1) is 22.0. The van der Waals surface area contributed by atoms with E-state index in [1.807, 2.05) is 74.5 Å². The predicted molar refractivity (Wildman–Crippen MR) is 133 cm³/mol. The average molecular weight is 462 g/mol. The molecule has 0 atom stereocenters. The Kier molecular flexibility index (Phi) is 6.87. The van der Waals surface area contributed by atoms with Crippen molar-refractivity contribution in [1.29, 1.82) is 0 Å². The van der Waals surface area contributed by atoms with Gasteiger partial charge in [-0.05, 0) is 62.4 Å². The third-order valence-corrected chi connectivity index (χ3v) is 6.78. The molecule has 0 unspecified atom stereocenters. The van der Waals surface area contributed by atoms with Crippen LogP contribution in [0.3, 0.4) is 0 Å². The Morgan fingerprint density at radius 1 is 0.969 bits per heavy atom. The summed E-state index contributed by atoms with van der Waals surface area (Å²) in [7, 11) is 0. The smallest absolute Gasteiger partial charge is 0.256 e. The second-order valence-electron chi connectivity index (χ2n) is 7.53. The molecule has 2 N–H and O–H groups in total. The summed E-state index contributed by atoms with van der Waals surface area (Å²) < 4.78 is 1.15. The van der Waals surface area contributed by atoms with Crippen molar-refractivity contribution >= 4 is 50.8 Å². The van der Waals surface area contributed by atoms with Gasteiger partial charge < -0.3 is 10.6 Å². The van der Waals surface area contributed by atoms with Gasteiger partial charge in [-0.25, -0.2) is 4.98 Å². The molecule has 4 rings (SSSR count). The van der Waals surface area contributed by atoms with Crippen LogP contribution in [-0.4, -0.2) is 28.6 Å². The monoisotopic (exact) mass is 461 g/mol. The van der Waals surface area contributed by atoms with Gasteiger partial charge in [0.05, 0.1) is 21.5 Å². The number of benzene rings is 3. The van der Waals surface area contributed by atoms with E-state index < -0.39 is 0 Å². The van der Waals surface area contributed by atoms with Gasteiger partial charge in [-0.15, -0.1) is 23.1 Å². The van der Waals surface area contributed by atoms with Gasteiger partial charge in [0.1, 0.15) is 5.01 Å². The van der Waals surface area contributed by atoms with E-state index >= 15 is 0 Å². The Morgan fingerprint density at radius 2 is 1.69 bits per heavy atom. The van der Waals surface area contributed by atoms with Gasteiger partial charge in [-0.1, -0.05) is 24.3 Å². The summed E-state index contributed by atoms with van der Waals surface area (Å²) in [5, 5.41) is 6.77. The number of aromatic nitrogens is 1. The molecule has 0 saturated carbocycles. The molecule has 0 aliphatic rings. The van der Waals surface area contributed by atoms with E-state index in [0.29, 0.717) is 11.3 Å². The van der Waals surface area contributed by atoms with E-state index in [2.05, 4.69) is 21.7 Å². The standard InChI is InChI=1S/C25H23N3O2S2/c1-16(2)26-23(29)15-31-21-9-5-3-7-19(21)24(30)27-18-13-11-17(12-14-18)25-28-20-8-4-6-10-22(20)32-25/h3-14,16H,15H2,1-2H3,(H,26,29)(H,27,30). The number of hydrogen-bond donors (Lipinski definition) is 2. The quantitative estimate of drug-likeness (QED) is 0.340. The molecule has 5 nitrogen and oxygen atoms in total. The third kappa shape index (κ3) is 5.36. The fourth-order valence-corrected chi connectivity index (χ4v) is 5.01. The second-order valence-corrected chi connectivity index (χ2v) is 9.57. The molecule has 32 heavy (non-hydrogen) atoms.